The molecule has 0 bridgehead atoms. The summed E-state index contributed by atoms with van der Waals surface area (Å²) >= 11 is 0. The van der Waals surface area contributed by atoms with E-state index in [-0.39, 0.29) is 6.03 Å². The summed E-state index contributed by atoms with van der Waals surface area (Å²) in [7, 11) is 0. The SMILES string of the molecule is CC(C)C(CNC(=O)N1CCC(N2CCCC2=O)CC1)Cc1ccccc1. The summed E-state index contributed by atoms with van der Waals surface area (Å²) in [5.41, 5.74) is 1.32. The highest BCUT2D eigenvalue weighted by atomic mass is 16.2. The van der Waals surface area contributed by atoms with Gasteiger partial charge < -0.3 is 15.1 Å². The van der Waals surface area contributed by atoms with Crippen molar-refractivity contribution in [1.29, 1.82) is 0 Å². The molecule has 1 aromatic carbocycles. The molecule has 2 heterocycles. The van der Waals surface area contributed by atoms with E-state index in [1.165, 1.54) is 5.56 Å². The third-order valence-electron chi connectivity index (χ3n) is 6.10. The summed E-state index contributed by atoms with van der Waals surface area (Å²) in [6, 6.07) is 10.9. The number of urea groups is 1. The minimum Gasteiger partial charge on any atom is -0.340 e. The largest absolute Gasteiger partial charge is 0.340 e. The van der Waals surface area contributed by atoms with Crippen molar-refractivity contribution in [1.82, 2.24) is 15.1 Å². The van der Waals surface area contributed by atoms with Crippen LogP contribution in [0.4, 0.5) is 4.79 Å². The summed E-state index contributed by atoms with van der Waals surface area (Å²) in [6.45, 7) is 7.52. The number of hydrogen-bond acceptors (Lipinski definition) is 2. The van der Waals surface area contributed by atoms with E-state index < -0.39 is 0 Å². The molecule has 0 spiro atoms. The average molecular weight is 372 g/mol. The van der Waals surface area contributed by atoms with E-state index in [9.17, 15) is 9.59 Å². The van der Waals surface area contributed by atoms with Crippen LogP contribution in [0.25, 0.3) is 0 Å². The minimum atomic E-state index is 0.0416. The van der Waals surface area contributed by atoms with Gasteiger partial charge in [0.05, 0.1) is 0 Å². The van der Waals surface area contributed by atoms with Gasteiger partial charge in [0.25, 0.3) is 0 Å². The maximum Gasteiger partial charge on any atom is 0.317 e. The van der Waals surface area contributed by atoms with Crippen molar-refractivity contribution in [3.8, 4) is 0 Å². The van der Waals surface area contributed by atoms with Gasteiger partial charge in [-0.15, -0.1) is 0 Å². The van der Waals surface area contributed by atoms with Crippen LogP contribution in [0.3, 0.4) is 0 Å². The maximum absolute atomic E-state index is 12.6. The fourth-order valence-corrected chi connectivity index (χ4v) is 4.23. The quantitative estimate of drug-likeness (QED) is 0.834. The Kier molecular flexibility index (Phi) is 6.75. The number of benzene rings is 1. The lowest BCUT2D eigenvalue weighted by atomic mass is 9.89. The molecule has 1 N–H and O–H groups in total. The number of carbonyl (C=O) groups excluding carboxylic acids is 2. The fraction of sp³-hybridized carbons (Fsp3) is 0.636. The van der Waals surface area contributed by atoms with Crippen LogP contribution in [0.1, 0.15) is 45.1 Å². The van der Waals surface area contributed by atoms with Crippen LogP contribution in [0.5, 0.6) is 0 Å². The maximum atomic E-state index is 12.6. The van der Waals surface area contributed by atoms with Gasteiger partial charge in [-0.2, -0.15) is 0 Å². The zero-order valence-corrected chi connectivity index (χ0v) is 16.7. The van der Waals surface area contributed by atoms with E-state index in [4.69, 9.17) is 0 Å². The van der Waals surface area contributed by atoms with Crippen LogP contribution in [0.2, 0.25) is 0 Å². The van der Waals surface area contributed by atoms with Crippen molar-refractivity contribution in [2.24, 2.45) is 11.8 Å². The summed E-state index contributed by atoms with van der Waals surface area (Å²) < 4.78 is 0. The van der Waals surface area contributed by atoms with Crippen LogP contribution in [-0.2, 0) is 11.2 Å². The van der Waals surface area contributed by atoms with E-state index >= 15 is 0 Å². The second kappa shape index (κ2) is 9.25. The highest BCUT2D eigenvalue weighted by molar-refractivity contribution is 5.78. The van der Waals surface area contributed by atoms with Gasteiger partial charge in [-0.05, 0) is 43.1 Å². The topological polar surface area (TPSA) is 52.7 Å². The van der Waals surface area contributed by atoms with Crippen molar-refractivity contribution >= 4 is 11.9 Å². The zero-order chi connectivity index (χ0) is 19.2. The molecule has 148 valence electrons. The van der Waals surface area contributed by atoms with Gasteiger partial charge >= 0.3 is 6.03 Å². The number of hydrogen-bond donors (Lipinski definition) is 1. The van der Waals surface area contributed by atoms with Crippen LogP contribution in [0.15, 0.2) is 30.3 Å². The van der Waals surface area contributed by atoms with Crippen LogP contribution in [0, 0.1) is 11.8 Å². The van der Waals surface area contributed by atoms with Gasteiger partial charge in [0, 0.05) is 38.6 Å². The van der Waals surface area contributed by atoms with Gasteiger partial charge in [0.1, 0.15) is 0 Å². The molecule has 3 rings (SSSR count). The summed E-state index contributed by atoms with van der Waals surface area (Å²) in [6.07, 6.45) is 4.46. The number of amides is 3. The number of nitrogens with zero attached hydrogens (tertiary/aromatic N) is 2. The van der Waals surface area contributed by atoms with E-state index in [2.05, 4.69) is 43.4 Å². The molecule has 2 fully saturated rings. The zero-order valence-electron chi connectivity index (χ0n) is 16.7. The van der Waals surface area contributed by atoms with Crippen molar-refractivity contribution in [3.05, 3.63) is 35.9 Å². The fourth-order valence-electron chi connectivity index (χ4n) is 4.23. The van der Waals surface area contributed by atoms with Crippen molar-refractivity contribution in [2.45, 2.75) is 52.0 Å². The summed E-state index contributed by atoms with van der Waals surface area (Å²) in [4.78, 5) is 28.5. The van der Waals surface area contributed by atoms with Crippen LogP contribution in [-0.4, -0.2) is 54.0 Å². The lowest BCUT2D eigenvalue weighted by Crippen LogP contribution is -2.50. The van der Waals surface area contributed by atoms with E-state index in [1.807, 2.05) is 15.9 Å². The first-order valence-corrected chi connectivity index (χ1v) is 10.4. The summed E-state index contributed by atoms with van der Waals surface area (Å²) in [5, 5.41) is 3.15. The Balaban J connectivity index is 1.45. The van der Waals surface area contributed by atoms with Gasteiger partial charge in [-0.25, -0.2) is 4.79 Å². The third-order valence-corrected chi connectivity index (χ3v) is 6.10. The first-order valence-electron chi connectivity index (χ1n) is 10.4. The molecular weight excluding hydrogens is 338 g/mol. The third kappa shape index (κ3) is 5.24. The van der Waals surface area contributed by atoms with Crippen molar-refractivity contribution < 1.29 is 9.59 Å². The lowest BCUT2D eigenvalue weighted by molar-refractivity contribution is -0.130. The molecule has 5 nitrogen and oxygen atoms in total. The van der Waals surface area contributed by atoms with Gasteiger partial charge in [-0.3, -0.25) is 4.79 Å². The minimum absolute atomic E-state index is 0.0416. The number of likely N-dealkylation sites (tertiary alicyclic amines) is 2. The molecule has 1 aromatic rings. The van der Waals surface area contributed by atoms with Gasteiger partial charge in [0.15, 0.2) is 0 Å². The lowest BCUT2D eigenvalue weighted by Gasteiger charge is -2.37. The van der Waals surface area contributed by atoms with E-state index in [0.29, 0.717) is 36.8 Å². The first kappa shape index (κ1) is 19.7. The highest BCUT2D eigenvalue weighted by Crippen LogP contribution is 2.22. The molecule has 2 aliphatic rings. The molecular formula is C22H33N3O2. The van der Waals surface area contributed by atoms with E-state index in [0.717, 1.165) is 45.3 Å². The van der Waals surface area contributed by atoms with Gasteiger partial charge in [0.2, 0.25) is 5.91 Å². The van der Waals surface area contributed by atoms with E-state index in [1.54, 1.807) is 0 Å². The Hall–Kier alpha value is -2.04. The average Bonchev–Trinajstić information content (AvgIpc) is 3.11. The Labute approximate surface area is 163 Å². The first-order chi connectivity index (χ1) is 13.0. The molecule has 5 heteroatoms. The molecule has 0 aromatic heterocycles. The second-order valence-electron chi connectivity index (χ2n) is 8.29. The molecule has 0 radical (unpaired) electrons. The number of carbonyl (C=O) groups is 2. The number of nitrogens with one attached hydrogen (secondary N) is 1. The Bertz CT molecular complexity index is 624. The van der Waals surface area contributed by atoms with Crippen molar-refractivity contribution in [2.75, 3.05) is 26.2 Å². The molecule has 1 atom stereocenters. The van der Waals surface area contributed by atoms with Gasteiger partial charge in [-0.1, -0.05) is 44.2 Å². The molecule has 3 amide bonds. The smallest absolute Gasteiger partial charge is 0.317 e. The Morgan fingerprint density at radius 1 is 1.15 bits per heavy atom. The second-order valence-corrected chi connectivity index (χ2v) is 8.29. The van der Waals surface area contributed by atoms with Crippen molar-refractivity contribution in [3.63, 3.8) is 0 Å². The molecule has 2 aliphatic heterocycles. The molecule has 0 aliphatic carbocycles. The van der Waals surface area contributed by atoms with Crippen LogP contribution >= 0.6 is 0 Å². The molecule has 27 heavy (non-hydrogen) atoms. The predicted octanol–water partition coefficient (Wildman–Crippen LogP) is 3.30. The highest BCUT2D eigenvalue weighted by Gasteiger charge is 2.32. The number of piperidine rings is 1. The Morgan fingerprint density at radius 3 is 2.44 bits per heavy atom. The van der Waals surface area contributed by atoms with Crippen LogP contribution < -0.4 is 5.32 Å². The normalized spacial score (nSPS) is 19.6. The Morgan fingerprint density at radius 2 is 1.85 bits per heavy atom. The predicted molar refractivity (Wildman–Crippen MR) is 107 cm³/mol. The molecule has 2 saturated heterocycles. The summed E-state index contributed by atoms with van der Waals surface area (Å²) in [5.74, 6) is 1.23. The standard InChI is InChI=1S/C22H33N3O2/c1-17(2)19(15-18-7-4-3-5-8-18)16-23-22(27)24-13-10-20(11-14-24)25-12-6-9-21(25)26/h3-5,7-8,17,19-20H,6,9-16H2,1-2H3,(H,23,27). The monoisotopic (exact) mass is 371 g/mol. The number of rotatable bonds is 6. The molecule has 1 unspecified atom stereocenters. The molecule has 0 saturated carbocycles.